The third kappa shape index (κ3) is 15.0. The lowest BCUT2D eigenvalue weighted by atomic mass is 9.99. The maximum Gasteiger partial charge on any atom is 0.220 e. The number of rotatable bonds is 24. The Morgan fingerprint density at radius 1 is 0.837 bits per heavy atom. The standard InChI is InChI=1S/C37H56FNO10/c1-3-12-31(41)33(43)30(23-24-46-36-34(44)35(45)37(49-36)47-25(2)40)39-32(42)14-11-9-7-5-4-6-8-10-13-26-15-19-28(20-16-26)48-29-21-17-27(38)18-22-29/h15-22,25,30-31,33-37,40-41,43-45H,3-14,23-24H2,1-2H3,(H,39,42)/t25?,30?,31?,33?,34?,35?,36?,37-/m1/s1. The molecule has 3 rings (SSSR count). The summed E-state index contributed by atoms with van der Waals surface area (Å²) in [6.45, 7) is 3.19. The quantitative estimate of drug-likeness (QED) is 0.0662. The SMILES string of the molecule is CCCC(O)C(O)C(CCOC1O[C@@H](OC(C)O)C(O)C1O)NC(=O)CCCCCCCCCCc1ccc(Oc2ccc(F)cc2)cc1. The summed E-state index contributed by atoms with van der Waals surface area (Å²) in [7, 11) is 0. The summed E-state index contributed by atoms with van der Waals surface area (Å²) in [5, 5.41) is 53.6. The molecule has 1 fully saturated rings. The van der Waals surface area contributed by atoms with Crippen LogP contribution in [0.25, 0.3) is 0 Å². The molecule has 0 radical (unpaired) electrons. The van der Waals surface area contributed by atoms with Gasteiger partial charge in [0.05, 0.1) is 18.8 Å². The van der Waals surface area contributed by atoms with Crippen LogP contribution in [0, 0.1) is 5.82 Å². The van der Waals surface area contributed by atoms with Crippen LogP contribution in [-0.2, 0) is 25.4 Å². The molecular weight excluding hydrogens is 637 g/mol. The first-order valence-electron chi connectivity index (χ1n) is 17.7. The summed E-state index contributed by atoms with van der Waals surface area (Å²) in [4.78, 5) is 12.7. The van der Waals surface area contributed by atoms with E-state index in [0.29, 0.717) is 31.4 Å². The fourth-order valence-electron chi connectivity index (χ4n) is 5.75. The van der Waals surface area contributed by atoms with E-state index in [2.05, 4.69) is 17.4 Å². The Hall–Kier alpha value is -2.68. The van der Waals surface area contributed by atoms with Crippen molar-refractivity contribution >= 4 is 5.91 Å². The molecule has 8 atom stereocenters. The summed E-state index contributed by atoms with van der Waals surface area (Å²) >= 11 is 0. The molecule has 1 aliphatic rings. The van der Waals surface area contributed by atoms with Gasteiger partial charge in [0.15, 0.2) is 18.9 Å². The summed E-state index contributed by atoms with van der Waals surface area (Å²) in [5.74, 6) is 0.808. The summed E-state index contributed by atoms with van der Waals surface area (Å²) in [5.41, 5.74) is 1.26. The fraction of sp³-hybridized carbons (Fsp3) is 0.649. The van der Waals surface area contributed by atoms with Gasteiger partial charge in [0.25, 0.3) is 0 Å². The Balaban J connectivity index is 1.26. The second-order valence-corrected chi connectivity index (χ2v) is 12.8. The highest BCUT2D eigenvalue weighted by Gasteiger charge is 2.45. The Labute approximate surface area is 289 Å². The number of hydrogen-bond acceptors (Lipinski definition) is 10. The molecule has 276 valence electrons. The average molecular weight is 694 g/mol. The van der Waals surface area contributed by atoms with E-state index in [-0.39, 0.29) is 24.8 Å². The minimum absolute atomic E-state index is 0.0448. The topological polar surface area (TPSA) is 167 Å². The maximum atomic E-state index is 13.1. The van der Waals surface area contributed by atoms with Gasteiger partial charge in [-0.15, -0.1) is 0 Å². The Bertz CT molecular complexity index is 1180. The van der Waals surface area contributed by atoms with Crippen LogP contribution in [0.15, 0.2) is 48.5 Å². The average Bonchev–Trinajstić information content (AvgIpc) is 3.33. The van der Waals surface area contributed by atoms with E-state index >= 15 is 0 Å². The molecule has 6 N–H and O–H groups in total. The van der Waals surface area contributed by atoms with E-state index in [1.807, 2.05) is 19.1 Å². The highest BCUT2D eigenvalue weighted by atomic mass is 19.1. The van der Waals surface area contributed by atoms with Crippen molar-refractivity contribution in [1.82, 2.24) is 5.32 Å². The number of aliphatic hydroxyl groups is 5. The maximum absolute atomic E-state index is 13.1. The zero-order chi connectivity index (χ0) is 35.6. The second-order valence-electron chi connectivity index (χ2n) is 12.8. The Morgan fingerprint density at radius 3 is 2.02 bits per heavy atom. The Kier molecular flexibility index (Phi) is 18.5. The third-order valence-corrected chi connectivity index (χ3v) is 8.55. The first kappa shape index (κ1) is 40.7. The number of ether oxygens (including phenoxy) is 4. The van der Waals surface area contributed by atoms with Crippen LogP contribution in [0.1, 0.15) is 96.5 Å². The molecule has 2 aromatic rings. The number of nitrogens with one attached hydrogen (secondary N) is 1. The minimum Gasteiger partial charge on any atom is -0.457 e. The van der Waals surface area contributed by atoms with Crippen molar-refractivity contribution in [1.29, 1.82) is 0 Å². The van der Waals surface area contributed by atoms with Crippen LogP contribution < -0.4 is 10.1 Å². The van der Waals surface area contributed by atoms with E-state index in [9.17, 15) is 34.7 Å². The predicted molar refractivity (Wildman–Crippen MR) is 181 cm³/mol. The van der Waals surface area contributed by atoms with E-state index in [1.165, 1.54) is 24.6 Å². The highest BCUT2D eigenvalue weighted by molar-refractivity contribution is 5.76. The van der Waals surface area contributed by atoms with Gasteiger partial charge in [0.2, 0.25) is 5.91 Å². The van der Waals surface area contributed by atoms with Gasteiger partial charge < -0.3 is 49.8 Å². The molecule has 12 heteroatoms. The number of benzene rings is 2. The lowest BCUT2D eigenvalue weighted by Crippen LogP contribution is -2.49. The molecule has 1 heterocycles. The van der Waals surface area contributed by atoms with Gasteiger partial charge in [-0.3, -0.25) is 4.79 Å². The van der Waals surface area contributed by atoms with E-state index < -0.39 is 49.3 Å². The van der Waals surface area contributed by atoms with Crippen LogP contribution in [0.4, 0.5) is 4.39 Å². The highest BCUT2D eigenvalue weighted by Crippen LogP contribution is 2.25. The predicted octanol–water partition coefficient (Wildman–Crippen LogP) is 4.84. The molecule has 2 aromatic carbocycles. The number of aryl methyl sites for hydroxylation is 1. The zero-order valence-corrected chi connectivity index (χ0v) is 28.8. The van der Waals surface area contributed by atoms with Crippen molar-refractivity contribution in [2.75, 3.05) is 6.61 Å². The van der Waals surface area contributed by atoms with Crippen molar-refractivity contribution in [3.8, 4) is 11.5 Å². The van der Waals surface area contributed by atoms with Crippen LogP contribution in [-0.4, -0.2) is 87.4 Å². The molecule has 1 aliphatic heterocycles. The molecule has 0 spiro atoms. The first-order valence-corrected chi connectivity index (χ1v) is 17.7. The number of halogens is 1. The van der Waals surface area contributed by atoms with Gasteiger partial charge in [-0.05, 0) is 81.0 Å². The molecule has 7 unspecified atom stereocenters. The fourth-order valence-corrected chi connectivity index (χ4v) is 5.75. The molecular formula is C37H56FNO10. The summed E-state index contributed by atoms with van der Waals surface area (Å²) < 4.78 is 34.7. The van der Waals surface area contributed by atoms with Crippen molar-refractivity contribution in [2.24, 2.45) is 0 Å². The number of hydrogen-bond donors (Lipinski definition) is 6. The molecule has 0 aliphatic carbocycles. The normalized spacial score (nSPS) is 21.6. The van der Waals surface area contributed by atoms with Gasteiger partial charge in [0.1, 0.15) is 35.6 Å². The number of aliphatic hydroxyl groups excluding tert-OH is 5. The van der Waals surface area contributed by atoms with Crippen molar-refractivity contribution in [2.45, 2.75) is 147 Å². The molecule has 49 heavy (non-hydrogen) atoms. The van der Waals surface area contributed by atoms with E-state index in [1.54, 1.807) is 12.1 Å². The van der Waals surface area contributed by atoms with Crippen LogP contribution in [0.2, 0.25) is 0 Å². The zero-order valence-electron chi connectivity index (χ0n) is 28.8. The number of unbranched alkanes of at least 4 members (excludes halogenated alkanes) is 7. The van der Waals surface area contributed by atoms with Crippen LogP contribution in [0.5, 0.6) is 11.5 Å². The number of amides is 1. The second kappa shape index (κ2) is 22.2. The van der Waals surface area contributed by atoms with Gasteiger partial charge in [0, 0.05) is 6.42 Å². The number of carbonyl (C=O) groups is 1. The third-order valence-electron chi connectivity index (χ3n) is 8.55. The molecule has 0 aromatic heterocycles. The monoisotopic (exact) mass is 693 g/mol. The summed E-state index contributed by atoms with van der Waals surface area (Å²) in [6, 6.07) is 13.2. The largest absolute Gasteiger partial charge is 0.457 e. The Morgan fingerprint density at radius 2 is 1.41 bits per heavy atom. The van der Waals surface area contributed by atoms with E-state index in [4.69, 9.17) is 18.9 Å². The van der Waals surface area contributed by atoms with Crippen molar-refractivity contribution in [3.05, 3.63) is 59.9 Å². The van der Waals surface area contributed by atoms with E-state index in [0.717, 1.165) is 57.1 Å². The van der Waals surface area contributed by atoms with Gasteiger partial charge >= 0.3 is 0 Å². The van der Waals surface area contributed by atoms with Gasteiger partial charge in [-0.1, -0.05) is 64.0 Å². The summed E-state index contributed by atoms with van der Waals surface area (Å²) in [6.07, 6.45) is 2.03. The number of carbonyl (C=O) groups excluding carboxylic acids is 1. The van der Waals surface area contributed by atoms with Crippen LogP contribution >= 0.6 is 0 Å². The smallest absolute Gasteiger partial charge is 0.220 e. The lowest BCUT2D eigenvalue weighted by Gasteiger charge is -2.28. The van der Waals surface area contributed by atoms with Crippen molar-refractivity contribution in [3.63, 3.8) is 0 Å². The molecule has 0 bridgehead atoms. The van der Waals surface area contributed by atoms with Crippen molar-refractivity contribution < 1.29 is 53.7 Å². The molecule has 1 saturated heterocycles. The molecule has 11 nitrogen and oxygen atoms in total. The molecule has 0 saturated carbocycles. The van der Waals surface area contributed by atoms with Crippen LogP contribution in [0.3, 0.4) is 0 Å². The van der Waals surface area contributed by atoms with Gasteiger partial charge in [-0.2, -0.15) is 0 Å². The molecule has 1 amide bonds. The minimum atomic E-state index is -1.42. The first-order chi connectivity index (χ1) is 23.6. The van der Waals surface area contributed by atoms with Gasteiger partial charge in [-0.25, -0.2) is 4.39 Å². The lowest BCUT2D eigenvalue weighted by molar-refractivity contribution is -0.264.